The number of methoxy groups -OCH3 is 1. The lowest BCUT2D eigenvalue weighted by Crippen LogP contribution is -2.43. The maximum atomic E-state index is 12.6. The Morgan fingerprint density at radius 2 is 1.87 bits per heavy atom. The molecule has 1 aliphatic heterocycles. The van der Waals surface area contributed by atoms with Crippen molar-refractivity contribution in [2.24, 2.45) is 0 Å². The Kier molecular flexibility index (Phi) is 5.90. The summed E-state index contributed by atoms with van der Waals surface area (Å²) in [4.78, 5) is 18.5. The molecule has 0 spiro atoms. The molecule has 164 valence electrons. The number of hydrogen-bond acceptors (Lipinski definition) is 5. The maximum Gasteiger partial charge on any atom is 0.416 e. The van der Waals surface area contributed by atoms with Gasteiger partial charge in [-0.15, -0.1) is 0 Å². The van der Waals surface area contributed by atoms with Crippen molar-refractivity contribution in [3.8, 4) is 10.9 Å². The van der Waals surface area contributed by atoms with Crippen molar-refractivity contribution in [3.05, 3.63) is 48.0 Å². The number of anilines is 1. The number of thiazole rings is 1. The third kappa shape index (κ3) is 5.01. The Morgan fingerprint density at radius 3 is 2.52 bits per heavy atom. The van der Waals surface area contributed by atoms with Crippen LogP contribution in [0.15, 0.2) is 42.5 Å². The van der Waals surface area contributed by atoms with Crippen molar-refractivity contribution in [1.82, 2.24) is 9.88 Å². The number of nitrogens with one attached hydrogen (secondary N) is 1. The number of alkyl halides is 3. The van der Waals surface area contributed by atoms with E-state index >= 15 is 0 Å². The summed E-state index contributed by atoms with van der Waals surface area (Å²) in [5.74, 6) is 0.733. The number of halogens is 3. The zero-order valence-electron chi connectivity index (χ0n) is 16.6. The van der Waals surface area contributed by atoms with Gasteiger partial charge in [0.15, 0.2) is 0 Å². The third-order valence-corrected chi connectivity index (χ3v) is 5.96. The largest absolute Gasteiger partial charge is 0.497 e. The van der Waals surface area contributed by atoms with Crippen LogP contribution in [0.5, 0.6) is 10.9 Å². The molecule has 6 nitrogen and oxygen atoms in total. The zero-order valence-corrected chi connectivity index (χ0v) is 17.4. The van der Waals surface area contributed by atoms with Crippen LogP contribution in [-0.2, 0) is 6.18 Å². The van der Waals surface area contributed by atoms with Gasteiger partial charge < -0.3 is 19.7 Å². The summed E-state index contributed by atoms with van der Waals surface area (Å²) in [6, 6.07) is 9.72. The molecule has 0 atom stereocenters. The molecule has 2 amide bonds. The average Bonchev–Trinajstić information content (AvgIpc) is 3.15. The van der Waals surface area contributed by atoms with Gasteiger partial charge in [-0.05, 0) is 36.4 Å². The van der Waals surface area contributed by atoms with E-state index in [0.29, 0.717) is 36.8 Å². The number of ether oxygens (including phenoxy) is 2. The van der Waals surface area contributed by atoms with E-state index < -0.39 is 11.7 Å². The van der Waals surface area contributed by atoms with Gasteiger partial charge in [-0.1, -0.05) is 11.3 Å². The molecular weight excluding hydrogens is 431 g/mol. The SMILES string of the molecule is COc1ccc2sc(OC3CCN(C(=O)Nc4ccc(C(F)(F)F)cc4)CC3)nc2c1. The number of nitrogens with zero attached hydrogens (tertiary/aromatic N) is 2. The van der Waals surface area contributed by atoms with E-state index in [9.17, 15) is 18.0 Å². The van der Waals surface area contributed by atoms with Gasteiger partial charge in [0.2, 0.25) is 0 Å². The smallest absolute Gasteiger partial charge is 0.416 e. The van der Waals surface area contributed by atoms with Crippen LogP contribution in [0.1, 0.15) is 18.4 Å². The maximum absolute atomic E-state index is 12.6. The minimum absolute atomic E-state index is 0.0578. The number of piperidine rings is 1. The molecule has 0 unspecified atom stereocenters. The Morgan fingerprint density at radius 1 is 1.16 bits per heavy atom. The van der Waals surface area contributed by atoms with Crippen LogP contribution in [0.3, 0.4) is 0 Å². The number of benzene rings is 2. The van der Waals surface area contributed by atoms with E-state index in [4.69, 9.17) is 9.47 Å². The van der Waals surface area contributed by atoms with Crippen LogP contribution in [0.2, 0.25) is 0 Å². The first-order chi connectivity index (χ1) is 14.8. The highest BCUT2D eigenvalue weighted by molar-refractivity contribution is 7.20. The van der Waals surface area contributed by atoms with E-state index in [1.165, 1.54) is 23.5 Å². The monoisotopic (exact) mass is 451 g/mol. The lowest BCUT2D eigenvalue weighted by molar-refractivity contribution is -0.137. The van der Waals surface area contributed by atoms with Crippen LogP contribution >= 0.6 is 11.3 Å². The molecule has 2 heterocycles. The first kappa shape index (κ1) is 21.2. The topological polar surface area (TPSA) is 63.7 Å². The summed E-state index contributed by atoms with van der Waals surface area (Å²) in [5.41, 5.74) is 0.380. The summed E-state index contributed by atoms with van der Waals surface area (Å²) >= 11 is 1.46. The molecule has 1 aromatic heterocycles. The number of likely N-dealkylation sites (tertiary alicyclic amines) is 1. The standard InChI is InChI=1S/C21H20F3N3O3S/c1-29-16-6-7-18-17(12-16)26-20(31-18)30-15-8-10-27(11-9-15)19(28)25-14-4-2-13(3-5-14)21(22,23)24/h2-7,12,15H,8-11H2,1H3,(H,25,28). The molecule has 1 N–H and O–H groups in total. The van der Waals surface area contributed by atoms with Gasteiger partial charge >= 0.3 is 12.2 Å². The molecule has 1 fully saturated rings. The number of amides is 2. The Bertz CT molecular complexity index is 1060. The van der Waals surface area contributed by atoms with Crippen LogP contribution in [-0.4, -0.2) is 42.2 Å². The van der Waals surface area contributed by atoms with E-state index in [1.54, 1.807) is 12.0 Å². The number of carbonyl (C=O) groups is 1. The Hall–Kier alpha value is -3.01. The van der Waals surface area contributed by atoms with Gasteiger partial charge in [-0.25, -0.2) is 9.78 Å². The van der Waals surface area contributed by atoms with E-state index in [0.717, 1.165) is 28.1 Å². The van der Waals surface area contributed by atoms with Crippen molar-refractivity contribution in [2.45, 2.75) is 25.1 Å². The fourth-order valence-electron chi connectivity index (χ4n) is 3.33. The van der Waals surface area contributed by atoms with Crippen molar-refractivity contribution in [2.75, 3.05) is 25.5 Å². The van der Waals surface area contributed by atoms with E-state index in [1.807, 2.05) is 18.2 Å². The number of hydrogen-bond donors (Lipinski definition) is 1. The molecule has 0 radical (unpaired) electrons. The Labute approximate surface area is 180 Å². The molecule has 1 aliphatic rings. The molecular formula is C21H20F3N3O3S. The highest BCUT2D eigenvalue weighted by Gasteiger charge is 2.30. The molecule has 31 heavy (non-hydrogen) atoms. The quantitative estimate of drug-likeness (QED) is 0.577. The van der Waals surface area contributed by atoms with Crippen molar-refractivity contribution in [1.29, 1.82) is 0 Å². The second kappa shape index (κ2) is 8.62. The molecule has 10 heteroatoms. The van der Waals surface area contributed by atoms with Crippen LogP contribution in [0, 0.1) is 0 Å². The fourth-order valence-corrected chi connectivity index (χ4v) is 4.19. The van der Waals surface area contributed by atoms with Crippen LogP contribution in [0.4, 0.5) is 23.7 Å². The van der Waals surface area contributed by atoms with Gasteiger partial charge in [0.25, 0.3) is 5.19 Å². The minimum atomic E-state index is -4.40. The highest BCUT2D eigenvalue weighted by Crippen LogP contribution is 2.32. The third-order valence-electron chi connectivity index (χ3n) is 5.04. The van der Waals surface area contributed by atoms with Crippen molar-refractivity contribution < 1.29 is 27.4 Å². The number of rotatable bonds is 4. The van der Waals surface area contributed by atoms with Crippen molar-refractivity contribution in [3.63, 3.8) is 0 Å². The Balaban J connectivity index is 1.29. The van der Waals surface area contributed by atoms with Crippen LogP contribution < -0.4 is 14.8 Å². The molecule has 0 aliphatic carbocycles. The lowest BCUT2D eigenvalue weighted by atomic mass is 10.1. The van der Waals surface area contributed by atoms with Gasteiger partial charge in [0, 0.05) is 37.7 Å². The number of urea groups is 1. The first-order valence-electron chi connectivity index (χ1n) is 9.66. The summed E-state index contributed by atoms with van der Waals surface area (Å²) in [5, 5.41) is 3.22. The number of carbonyl (C=O) groups excluding carboxylic acids is 1. The molecule has 2 aromatic carbocycles. The predicted molar refractivity (Wildman–Crippen MR) is 112 cm³/mol. The number of fused-ring (bicyclic) bond motifs is 1. The second-order valence-corrected chi connectivity index (χ2v) is 8.12. The van der Waals surface area contributed by atoms with Gasteiger partial charge in [-0.2, -0.15) is 13.2 Å². The normalized spacial score (nSPS) is 15.2. The van der Waals surface area contributed by atoms with E-state index in [2.05, 4.69) is 10.3 Å². The zero-order chi connectivity index (χ0) is 22.0. The molecule has 0 saturated carbocycles. The van der Waals surface area contributed by atoms with Gasteiger partial charge in [0.05, 0.1) is 22.9 Å². The lowest BCUT2D eigenvalue weighted by Gasteiger charge is -2.31. The van der Waals surface area contributed by atoms with E-state index in [-0.39, 0.29) is 12.1 Å². The summed E-state index contributed by atoms with van der Waals surface area (Å²) in [6.45, 7) is 0.964. The predicted octanol–water partition coefficient (Wildman–Crippen LogP) is 5.40. The molecule has 4 rings (SSSR count). The summed E-state index contributed by atoms with van der Waals surface area (Å²) in [6.07, 6.45) is -3.18. The highest BCUT2D eigenvalue weighted by atomic mass is 32.1. The first-order valence-corrected chi connectivity index (χ1v) is 10.5. The number of aromatic nitrogens is 1. The van der Waals surface area contributed by atoms with Crippen LogP contribution in [0.25, 0.3) is 10.2 Å². The molecule has 3 aromatic rings. The summed E-state index contributed by atoms with van der Waals surface area (Å²) in [7, 11) is 1.60. The average molecular weight is 451 g/mol. The second-order valence-electron chi connectivity index (χ2n) is 7.12. The molecule has 1 saturated heterocycles. The minimum Gasteiger partial charge on any atom is -0.497 e. The van der Waals surface area contributed by atoms with Gasteiger partial charge in [0.1, 0.15) is 11.9 Å². The van der Waals surface area contributed by atoms with Crippen molar-refractivity contribution >= 4 is 33.3 Å². The molecule has 0 bridgehead atoms. The van der Waals surface area contributed by atoms with Gasteiger partial charge in [-0.3, -0.25) is 0 Å². The fraction of sp³-hybridized carbons (Fsp3) is 0.333. The summed E-state index contributed by atoms with van der Waals surface area (Å²) < 4.78 is 50.2.